The zero-order chi connectivity index (χ0) is 43.8. The number of H-pyrrole nitrogens is 2. The molecule has 4 amide bonds. The van der Waals surface area contributed by atoms with Crippen LogP contribution in [0.25, 0.3) is 42.9 Å². The van der Waals surface area contributed by atoms with E-state index in [2.05, 4.69) is 57.0 Å². The fraction of sp³-hybridized carbons (Fsp3) is 0.522. The Hall–Kier alpha value is -5.52. The average molecular weight is 881 g/mol. The van der Waals surface area contributed by atoms with Crippen LogP contribution in [-0.4, -0.2) is 118 Å². The maximum Gasteiger partial charge on any atom is 0.408 e. The zero-order valence-electron chi connectivity index (χ0n) is 36.2. The Balaban J connectivity index is 0.872. The number of alkyl carbamates (subject to hydrolysis) is 2. The molecule has 3 aromatic heterocycles. The van der Waals surface area contributed by atoms with Gasteiger partial charge in [-0.2, -0.15) is 0 Å². The van der Waals surface area contributed by atoms with E-state index in [9.17, 15) is 19.2 Å². The minimum Gasteiger partial charge on any atom is -0.444 e. The van der Waals surface area contributed by atoms with Gasteiger partial charge in [0, 0.05) is 35.7 Å². The molecule has 16 nitrogen and oxygen atoms in total. The third kappa shape index (κ3) is 9.13. The Morgan fingerprint density at radius 3 is 1.51 bits per heavy atom. The zero-order valence-corrected chi connectivity index (χ0v) is 37.0. The number of imidazole rings is 2. The molecule has 0 spiro atoms. The summed E-state index contributed by atoms with van der Waals surface area (Å²) < 4.78 is 21.7. The van der Waals surface area contributed by atoms with Crippen molar-refractivity contribution in [3.8, 4) is 20.9 Å². The van der Waals surface area contributed by atoms with Gasteiger partial charge in [0.2, 0.25) is 11.8 Å². The molecular weight excluding hydrogens is 825 g/mol. The molecule has 2 aromatic carbocycles. The van der Waals surface area contributed by atoms with Crippen LogP contribution in [0.5, 0.6) is 0 Å². The SMILES string of the molecule is CC(C)[C@H](NC(=O)O[C@H]1CCOC1)C(=O)N1CCC[C@H]1c1nc2ccc(-c3ccc(-c4ccc5nc([C@@H]6CCCN6C(=O)[C@@H](NC(=O)O[C@H]6CCOC6)C(C)C)[nH]c5c4)s3)cc2[nH]1. The van der Waals surface area contributed by atoms with Gasteiger partial charge in [0.1, 0.15) is 35.9 Å². The highest BCUT2D eigenvalue weighted by Crippen LogP contribution is 2.39. The molecule has 0 saturated carbocycles. The lowest BCUT2D eigenvalue weighted by Crippen LogP contribution is -2.51. The molecule has 17 heteroatoms. The predicted octanol–water partition coefficient (Wildman–Crippen LogP) is 7.24. The van der Waals surface area contributed by atoms with Crippen molar-refractivity contribution < 1.29 is 38.1 Å². The third-order valence-electron chi connectivity index (χ3n) is 12.6. The largest absolute Gasteiger partial charge is 0.444 e. The minimum absolute atomic E-state index is 0.136. The lowest BCUT2D eigenvalue weighted by atomic mass is 10.0. The molecule has 0 aliphatic carbocycles. The minimum atomic E-state index is -0.725. The molecule has 9 rings (SSSR count). The van der Waals surface area contributed by atoms with E-state index in [0.717, 1.165) is 80.3 Å². The fourth-order valence-electron chi connectivity index (χ4n) is 9.18. The summed E-state index contributed by atoms with van der Waals surface area (Å²) in [6.07, 6.45) is 2.73. The molecule has 4 aliphatic rings. The first-order valence-corrected chi connectivity index (χ1v) is 23.1. The van der Waals surface area contributed by atoms with Gasteiger partial charge in [-0.15, -0.1) is 11.3 Å². The molecular formula is C46H56N8O8S. The van der Waals surface area contributed by atoms with E-state index in [1.807, 2.05) is 49.6 Å². The summed E-state index contributed by atoms with van der Waals surface area (Å²) in [6, 6.07) is 14.7. The molecule has 4 saturated heterocycles. The van der Waals surface area contributed by atoms with Gasteiger partial charge in [-0.1, -0.05) is 39.8 Å². The molecule has 334 valence electrons. The first-order valence-electron chi connectivity index (χ1n) is 22.3. The highest BCUT2D eigenvalue weighted by Gasteiger charge is 2.40. The number of hydrogen-bond donors (Lipinski definition) is 4. The number of fused-ring (bicyclic) bond motifs is 2. The van der Waals surface area contributed by atoms with Gasteiger partial charge < -0.3 is 49.3 Å². The standard InChI is InChI=1S/C46H56N8O8S/c1-25(2)39(51-45(57)61-29-15-19-59-23-29)43(55)53-17-5-7-35(53)41-47-31-11-9-27(21-33(31)49-41)37-13-14-38(63-37)28-10-12-32-34(22-28)50-42(48-32)36-8-6-18-54(36)44(56)40(26(3)4)52-46(58)62-30-16-20-60-24-30/h9-14,21-22,25-26,29-30,35-36,39-40H,5-8,15-20,23-24H2,1-4H3,(H,47,49)(H,48,50)(H,51,57)(H,52,58)/t29-,30-,35-,36-,39-,40-/m0/s1. The van der Waals surface area contributed by atoms with Gasteiger partial charge >= 0.3 is 12.2 Å². The summed E-state index contributed by atoms with van der Waals surface area (Å²) in [6.45, 7) is 10.7. The van der Waals surface area contributed by atoms with Gasteiger partial charge in [0.25, 0.3) is 0 Å². The van der Waals surface area contributed by atoms with Gasteiger partial charge in [-0.3, -0.25) is 9.59 Å². The van der Waals surface area contributed by atoms with Crippen molar-refractivity contribution >= 4 is 57.4 Å². The second kappa shape index (κ2) is 18.3. The van der Waals surface area contributed by atoms with Crippen LogP contribution in [-0.2, 0) is 28.5 Å². The van der Waals surface area contributed by atoms with E-state index in [4.69, 9.17) is 28.9 Å². The second-order valence-corrected chi connectivity index (χ2v) is 18.8. The number of thiophene rings is 1. The summed E-state index contributed by atoms with van der Waals surface area (Å²) in [5.41, 5.74) is 5.52. The number of carbonyl (C=O) groups excluding carboxylic acids is 4. The topological polar surface area (TPSA) is 193 Å². The highest BCUT2D eigenvalue weighted by atomic mass is 32.1. The van der Waals surface area contributed by atoms with Crippen LogP contribution >= 0.6 is 11.3 Å². The highest BCUT2D eigenvalue weighted by molar-refractivity contribution is 7.18. The Kier molecular flexibility index (Phi) is 12.4. The van der Waals surface area contributed by atoms with Crippen LogP contribution < -0.4 is 10.6 Å². The monoisotopic (exact) mass is 880 g/mol. The smallest absolute Gasteiger partial charge is 0.408 e. The third-order valence-corrected chi connectivity index (χ3v) is 13.8. The number of benzene rings is 2. The number of aromatic amines is 2. The number of rotatable bonds is 12. The van der Waals surface area contributed by atoms with E-state index in [0.29, 0.717) is 52.4 Å². The van der Waals surface area contributed by atoms with Crippen LogP contribution in [0.2, 0.25) is 0 Å². The lowest BCUT2D eigenvalue weighted by molar-refractivity contribution is -0.136. The van der Waals surface area contributed by atoms with E-state index in [1.54, 1.807) is 11.3 Å². The van der Waals surface area contributed by atoms with Gasteiger partial charge in [0.05, 0.1) is 60.6 Å². The Bertz CT molecular complexity index is 2300. The summed E-state index contributed by atoms with van der Waals surface area (Å²) in [5, 5.41) is 5.66. The van der Waals surface area contributed by atoms with Gasteiger partial charge in [-0.25, -0.2) is 19.6 Å². The van der Waals surface area contributed by atoms with Crippen LogP contribution in [0.15, 0.2) is 48.5 Å². The molecule has 0 radical (unpaired) electrons. The van der Waals surface area contributed by atoms with Crippen molar-refractivity contribution in [2.45, 2.75) is 103 Å². The normalized spacial score (nSPS) is 22.4. The number of nitrogens with zero attached hydrogens (tertiary/aromatic N) is 4. The van der Waals surface area contributed by atoms with Crippen molar-refractivity contribution in [2.75, 3.05) is 39.5 Å². The molecule has 63 heavy (non-hydrogen) atoms. The molecule has 4 aliphatic heterocycles. The molecule has 4 fully saturated rings. The molecule has 7 heterocycles. The first-order chi connectivity index (χ1) is 30.5. The molecule has 4 N–H and O–H groups in total. The number of nitrogens with one attached hydrogen (secondary N) is 4. The number of hydrogen-bond acceptors (Lipinski definition) is 11. The number of ether oxygens (including phenoxy) is 4. The quantitative estimate of drug-likeness (QED) is 0.0993. The average Bonchev–Trinajstić information content (AvgIpc) is 4.12. The number of likely N-dealkylation sites (tertiary alicyclic amines) is 2. The summed E-state index contributed by atoms with van der Waals surface area (Å²) in [4.78, 5) is 76.2. The number of aromatic nitrogens is 4. The van der Waals surface area contributed by atoms with Crippen LogP contribution in [0.4, 0.5) is 9.59 Å². The van der Waals surface area contributed by atoms with Crippen molar-refractivity contribution in [1.29, 1.82) is 0 Å². The summed E-state index contributed by atoms with van der Waals surface area (Å²) >= 11 is 1.69. The fourth-order valence-corrected chi connectivity index (χ4v) is 10.2. The van der Waals surface area contributed by atoms with E-state index in [-0.39, 0.29) is 47.9 Å². The molecule has 6 atom stereocenters. The van der Waals surface area contributed by atoms with Gasteiger partial charge in [0.15, 0.2) is 0 Å². The van der Waals surface area contributed by atoms with Crippen molar-refractivity contribution in [3.63, 3.8) is 0 Å². The van der Waals surface area contributed by atoms with Crippen LogP contribution in [0.3, 0.4) is 0 Å². The Morgan fingerprint density at radius 2 is 1.11 bits per heavy atom. The van der Waals surface area contributed by atoms with E-state index < -0.39 is 24.3 Å². The maximum absolute atomic E-state index is 14.0. The maximum atomic E-state index is 14.0. The molecule has 0 bridgehead atoms. The lowest BCUT2D eigenvalue weighted by Gasteiger charge is -2.30. The number of amides is 4. The van der Waals surface area contributed by atoms with Gasteiger partial charge in [-0.05, 0) is 85.0 Å². The Labute approximate surface area is 369 Å². The van der Waals surface area contributed by atoms with Crippen LogP contribution in [0.1, 0.15) is 90.0 Å². The second-order valence-electron chi connectivity index (χ2n) is 17.8. The van der Waals surface area contributed by atoms with Crippen molar-refractivity contribution in [2.24, 2.45) is 11.8 Å². The van der Waals surface area contributed by atoms with E-state index in [1.165, 1.54) is 0 Å². The molecule has 0 unspecified atom stereocenters. The summed E-state index contributed by atoms with van der Waals surface area (Å²) in [7, 11) is 0. The summed E-state index contributed by atoms with van der Waals surface area (Å²) in [5.74, 6) is 0.914. The first kappa shape index (κ1) is 42.8. The van der Waals surface area contributed by atoms with Crippen LogP contribution in [0, 0.1) is 11.8 Å². The Morgan fingerprint density at radius 1 is 0.667 bits per heavy atom. The molecule has 5 aromatic rings. The van der Waals surface area contributed by atoms with Crippen molar-refractivity contribution in [3.05, 3.63) is 60.2 Å². The predicted molar refractivity (Wildman–Crippen MR) is 237 cm³/mol. The van der Waals surface area contributed by atoms with E-state index >= 15 is 0 Å². The van der Waals surface area contributed by atoms with Crippen molar-refractivity contribution in [1.82, 2.24) is 40.4 Å². The number of carbonyl (C=O) groups is 4.